The average molecular weight is 380 g/mol. The lowest BCUT2D eigenvalue weighted by molar-refractivity contribution is -0.153. The summed E-state index contributed by atoms with van der Waals surface area (Å²) in [7, 11) is 0. The first-order valence-electron chi connectivity index (χ1n) is 8.48. The Morgan fingerprint density at radius 2 is 2.00 bits per heavy atom. The number of phenols is 1. The summed E-state index contributed by atoms with van der Waals surface area (Å²) in [6.45, 7) is 0.384. The smallest absolute Gasteiger partial charge is 0.422 e. The Balaban J connectivity index is 1.52. The molecule has 0 spiro atoms. The van der Waals surface area contributed by atoms with Gasteiger partial charge >= 0.3 is 6.18 Å². The van der Waals surface area contributed by atoms with Crippen molar-refractivity contribution in [1.29, 1.82) is 0 Å². The molecular formula is C19H19F3N2O3. The van der Waals surface area contributed by atoms with Gasteiger partial charge in [0, 0.05) is 5.92 Å². The largest absolute Gasteiger partial charge is 0.508 e. The molecule has 0 bridgehead atoms. The minimum Gasteiger partial charge on any atom is -0.508 e. The molecule has 8 heteroatoms. The van der Waals surface area contributed by atoms with Crippen molar-refractivity contribution in [2.24, 2.45) is 5.92 Å². The summed E-state index contributed by atoms with van der Waals surface area (Å²) >= 11 is 0. The third-order valence-electron chi connectivity index (χ3n) is 4.41. The molecule has 0 saturated heterocycles. The third-order valence-corrected chi connectivity index (χ3v) is 4.41. The van der Waals surface area contributed by atoms with Crippen LogP contribution >= 0.6 is 0 Å². The molecule has 1 aliphatic carbocycles. The molecule has 2 aromatic rings. The summed E-state index contributed by atoms with van der Waals surface area (Å²) in [5.74, 6) is 0.0991. The number of amides is 1. The molecule has 0 aliphatic heterocycles. The van der Waals surface area contributed by atoms with Gasteiger partial charge in [0.05, 0.1) is 17.9 Å². The number of carbonyl (C=O) groups excluding carboxylic acids is 1. The lowest BCUT2D eigenvalue weighted by Crippen LogP contribution is -2.29. The minimum absolute atomic E-state index is 0.0178. The first-order valence-corrected chi connectivity index (χ1v) is 8.48. The second kappa shape index (κ2) is 7.46. The van der Waals surface area contributed by atoms with Gasteiger partial charge in [-0.3, -0.25) is 9.78 Å². The molecule has 1 saturated carbocycles. The number of hydrogen-bond donors (Lipinski definition) is 2. The van der Waals surface area contributed by atoms with Crippen LogP contribution in [-0.4, -0.2) is 28.8 Å². The van der Waals surface area contributed by atoms with Crippen LogP contribution in [0.5, 0.6) is 11.5 Å². The van der Waals surface area contributed by atoms with Crippen LogP contribution < -0.4 is 10.1 Å². The number of carbonyl (C=O) groups is 1. The van der Waals surface area contributed by atoms with E-state index in [-0.39, 0.29) is 35.3 Å². The molecule has 0 radical (unpaired) electrons. The summed E-state index contributed by atoms with van der Waals surface area (Å²) < 4.78 is 41.0. The molecule has 3 atom stereocenters. The summed E-state index contributed by atoms with van der Waals surface area (Å²) in [6, 6.07) is 9.34. The topological polar surface area (TPSA) is 71.5 Å². The SMILES string of the molecule is CC(NC(=O)[C@H]1C[C@@H]1c1ccc(O)cc1)c1ccc(OCC(F)(F)F)cn1. The van der Waals surface area contributed by atoms with Crippen LogP contribution in [0.1, 0.15) is 36.6 Å². The van der Waals surface area contributed by atoms with E-state index in [1.807, 2.05) is 0 Å². The van der Waals surface area contributed by atoms with Crippen LogP contribution in [-0.2, 0) is 4.79 Å². The van der Waals surface area contributed by atoms with Crippen molar-refractivity contribution in [2.45, 2.75) is 31.5 Å². The van der Waals surface area contributed by atoms with Crippen molar-refractivity contribution in [3.8, 4) is 11.5 Å². The van der Waals surface area contributed by atoms with Crippen LogP contribution in [0.15, 0.2) is 42.6 Å². The molecule has 2 N–H and O–H groups in total. The monoisotopic (exact) mass is 380 g/mol. The third kappa shape index (κ3) is 5.12. The van der Waals surface area contributed by atoms with Gasteiger partial charge in [-0.1, -0.05) is 12.1 Å². The summed E-state index contributed by atoms with van der Waals surface area (Å²) in [6.07, 6.45) is -2.46. The number of halogens is 3. The lowest BCUT2D eigenvalue weighted by atomic mass is 10.1. The second-order valence-electron chi connectivity index (χ2n) is 6.59. The Morgan fingerprint density at radius 3 is 2.59 bits per heavy atom. The number of hydrogen-bond acceptors (Lipinski definition) is 4. The van der Waals surface area contributed by atoms with E-state index < -0.39 is 12.8 Å². The number of aromatic nitrogens is 1. The van der Waals surface area contributed by atoms with Crippen molar-refractivity contribution >= 4 is 5.91 Å². The summed E-state index contributed by atoms with van der Waals surface area (Å²) in [4.78, 5) is 16.4. The fourth-order valence-electron chi connectivity index (χ4n) is 2.87. The summed E-state index contributed by atoms with van der Waals surface area (Å²) in [5.41, 5.74) is 1.54. The quantitative estimate of drug-likeness (QED) is 0.802. The van der Waals surface area contributed by atoms with Gasteiger partial charge in [-0.25, -0.2) is 0 Å². The predicted molar refractivity (Wildman–Crippen MR) is 91.3 cm³/mol. The van der Waals surface area contributed by atoms with E-state index in [9.17, 15) is 23.1 Å². The zero-order valence-corrected chi connectivity index (χ0v) is 14.5. The van der Waals surface area contributed by atoms with Crippen LogP contribution in [0.3, 0.4) is 0 Å². The number of phenolic OH excluding ortho intramolecular Hbond substituents is 1. The maximum Gasteiger partial charge on any atom is 0.422 e. The number of alkyl halides is 3. The van der Waals surface area contributed by atoms with Gasteiger partial charge in [0.25, 0.3) is 0 Å². The Kier molecular flexibility index (Phi) is 5.25. The molecule has 144 valence electrons. The highest BCUT2D eigenvalue weighted by molar-refractivity contribution is 5.83. The summed E-state index contributed by atoms with van der Waals surface area (Å²) in [5, 5.41) is 12.2. The van der Waals surface area contributed by atoms with Gasteiger partial charge in [0.1, 0.15) is 11.5 Å². The number of nitrogens with one attached hydrogen (secondary N) is 1. The van der Waals surface area contributed by atoms with Crippen LogP contribution in [0.4, 0.5) is 13.2 Å². The lowest BCUT2D eigenvalue weighted by Gasteiger charge is -2.14. The molecular weight excluding hydrogens is 361 g/mol. The Morgan fingerprint density at radius 1 is 1.30 bits per heavy atom. The van der Waals surface area contributed by atoms with E-state index in [4.69, 9.17) is 0 Å². The van der Waals surface area contributed by atoms with Crippen LogP contribution in [0, 0.1) is 5.92 Å². The highest BCUT2D eigenvalue weighted by Crippen LogP contribution is 2.48. The molecule has 1 heterocycles. The molecule has 1 aromatic carbocycles. The zero-order valence-electron chi connectivity index (χ0n) is 14.5. The number of nitrogens with zero attached hydrogens (tertiary/aromatic N) is 1. The maximum absolute atomic E-state index is 12.4. The fourth-order valence-corrected chi connectivity index (χ4v) is 2.87. The van der Waals surface area contributed by atoms with Gasteiger partial charge in [-0.15, -0.1) is 0 Å². The average Bonchev–Trinajstić information content (AvgIpc) is 3.41. The minimum atomic E-state index is -4.40. The number of rotatable bonds is 6. The highest BCUT2D eigenvalue weighted by atomic mass is 19.4. The molecule has 1 aliphatic rings. The number of ether oxygens (including phenoxy) is 1. The van der Waals surface area contributed by atoms with E-state index in [0.29, 0.717) is 5.69 Å². The van der Waals surface area contributed by atoms with E-state index in [1.54, 1.807) is 31.2 Å². The molecule has 1 aromatic heterocycles. The van der Waals surface area contributed by atoms with Crippen LogP contribution in [0.2, 0.25) is 0 Å². The molecule has 1 unspecified atom stereocenters. The van der Waals surface area contributed by atoms with Crippen molar-refractivity contribution in [2.75, 3.05) is 6.61 Å². The molecule has 27 heavy (non-hydrogen) atoms. The Labute approximate surface area is 154 Å². The van der Waals surface area contributed by atoms with E-state index in [1.165, 1.54) is 18.3 Å². The van der Waals surface area contributed by atoms with Gasteiger partial charge in [0.2, 0.25) is 5.91 Å². The Bertz CT molecular complexity index is 791. The fraction of sp³-hybridized carbons (Fsp3) is 0.368. The van der Waals surface area contributed by atoms with E-state index in [2.05, 4.69) is 15.0 Å². The van der Waals surface area contributed by atoms with Crippen LogP contribution in [0.25, 0.3) is 0 Å². The molecule has 3 rings (SSSR count). The molecule has 1 amide bonds. The van der Waals surface area contributed by atoms with Crippen molar-refractivity contribution in [3.05, 3.63) is 53.9 Å². The Hall–Kier alpha value is -2.77. The van der Waals surface area contributed by atoms with Gasteiger partial charge in [-0.2, -0.15) is 13.2 Å². The van der Waals surface area contributed by atoms with Gasteiger partial charge in [0.15, 0.2) is 6.61 Å². The van der Waals surface area contributed by atoms with E-state index in [0.717, 1.165) is 12.0 Å². The maximum atomic E-state index is 12.4. The van der Waals surface area contributed by atoms with Crippen molar-refractivity contribution in [1.82, 2.24) is 10.3 Å². The second-order valence-corrected chi connectivity index (χ2v) is 6.59. The predicted octanol–water partition coefficient (Wildman–Crippen LogP) is 3.71. The normalized spacial score (nSPS) is 20.0. The van der Waals surface area contributed by atoms with Gasteiger partial charge < -0.3 is 15.2 Å². The number of aromatic hydroxyl groups is 1. The molecule has 1 fully saturated rings. The zero-order chi connectivity index (χ0) is 19.6. The van der Waals surface area contributed by atoms with Crippen molar-refractivity contribution in [3.63, 3.8) is 0 Å². The standard InChI is InChI=1S/C19H19F3N2O3/c1-11(17-7-6-14(9-23-17)27-10-19(20,21)22)24-18(26)16-8-15(16)12-2-4-13(25)5-3-12/h2-7,9,11,15-16,25H,8,10H2,1H3,(H,24,26)/t11?,15-,16+/m1/s1. The van der Waals surface area contributed by atoms with Gasteiger partial charge in [-0.05, 0) is 49.1 Å². The first kappa shape index (κ1) is 19.0. The van der Waals surface area contributed by atoms with Crippen molar-refractivity contribution < 1.29 is 27.8 Å². The number of pyridine rings is 1. The first-order chi connectivity index (χ1) is 12.7. The van der Waals surface area contributed by atoms with E-state index >= 15 is 0 Å². The molecule has 5 nitrogen and oxygen atoms in total. The number of benzene rings is 1. The highest BCUT2D eigenvalue weighted by Gasteiger charge is 2.44.